The molecular weight excluding hydrogens is 402 g/mol. The van der Waals surface area contributed by atoms with Crippen molar-refractivity contribution in [3.05, 3.63) is 70.4 Å². The Morgan fingerprint density at radius 3 is 2.67 bits per heavy atom. The van der Waals surface area contributed by atoms with Gasteiger partial charge in [-0.15, -0.1) is 0 Å². The second-order valence-electron chi connectivity index (χ2n) is 7.22. The fourth-order valence-electron chi connectivity index (χ4n) is 3.38. The van der Waals surface area contributed by atoms with Crippen LogP contribution < -0.4 is 14.8 Å². The van der Waals surface area contributed by atoms with Crippen LogP contribution in [0, 0.1) is 0 Å². The highest BCUT2D eigenvalue weighted by Gasteiger charge is 2.17. The lowest BCUT2D eigenvalue weighted by molar-refractivity contribution is -0.115. The number of benzene rings is 2. The zero-order valence-corrected chi connectivity index (χ0v) is 17.6. The van der Waals surface area contributed by atoms with Gasteiger partial charge in [0.15, 0.2) is 11.5 Å². The summed E-state index contributed by atoms with van der Waals surface area (Å²) in [5.74, 6) is 1.64. The van der Waals surface area contributed by atoms with E-state index in [2.05, 4.69) is 41.6 Å². The van der Waals surface area contributed by atoms with Crippen molar-refractivity contribution < 1.29 is 14.3 Å². The van der Waals surface area contributed by atoms with E-state index in [4.69, 9.17) is 21.1 Å². The molecule has 7 heteroatoms. The number of anilines is 1. The number of hydrogen-bond acceptors (Lipinski definition) is 4. The molecule has 1 amide bonds. The number of amides is 1. The van der Waals surface area contributed by atoms with Gasteiger partial charge < -0.3 is 14.8 Å². The summed E-state index contributed by atoms with van der Waals surface area (Å²) < 4.78 is 13.1. The molecule has 0 aliphatic carbocycles. The molecule has 6 nitrogen and oxygen atoms in total. The number of halogens is 1. The Morgan fingerprint density at radius 1 is 1.10 bits per heavy atom. The Labute approximate surface area is 180 Å². The van der Waals surface area contributed by atoms with Gasteiger partial charge in [0.2, 0.25) is 5.91 Å². The lowest BCUT2D eigenvalue weighted by Crippen LogP contribution is -2.18. The number of hydrogen-bond donors (Lipinski definition) is 1. The van der Waals surface area contributed by atoms with Crippen LogP contribution in [-0.4, -0.2) is 28.9 Å². The van der Waals surface area contributed by atoms with Gasteiger partial charge >= 0.3 is 0 Å². The molecule has 2 heterocycles. The zero-order chi connectivity index (χ0) is 20.9. The summed E-state index contributed by atoms with van der Waals surface area (Å²) in [7, 11) is 0. The standard InChI is InChI=1S/C23H24ClN3O3/c1-2-16-4-6-17(7-5-16)15-27-21(8-9-25-27)26-22(28)14-18-12-19(24)23-20(13-18)29-10-3-11-30-23/h4-9,12-13H,2-3,10-11,14-15H2,1H3,(H,26,28). The summed E-state index contributed by atoms with van der Waals surface area (Å²) in [6, 6.07) is 13.8. The monoisotopic (exact) mass is 425 g/mol. The van der Waals surface area contributed by atoms with Crippen molar-refractivity contribution in [2.75, 3.05) is 18.5 Å². The van der Waals surface area contributed by atoms with Crippen molar-refractivity contribution in [3.63, 3.8) is 0 Å². The van der Waals surface area contributed by atoms with Gasteiger partial charge in [-0.3, -0.25) is 4.79 Å². The van der Waals surface area contributed by atoms with E-state index in [0.717, 1.165) is 24.0 Å². The maximum atomic E-state index is 12.6. The normalized spacial score (nSPS) is 13.0. The van der Waals surface area contributed by atoms with Crippen LogP contribution in [0.5, 0.6) is 11.5 Å². The number of nitrogens with zero attached hydrogens (tertiary/aromatic N) is 2. The van der Waals surface area contributed by atoms with Crippen molar-refractivity contribution in [2.45, 2.75) is 32.7 Å². The van der Waals surface area contributed by atoms with E-state index in [9.17, 15) is 4.79 Å². The van der Waals surface area contributed by atoms with Crippen LogP contribution in [0.2, 0.25) is 5.02 Å². The molecule has 0 atom stereocenters. The number of rotatable bonds is 6. The molecule has 3 aromatic rings. The summed E-state index contributed by atoms with van der Waals surface area (Å²) in [5.41, 5.74) is 3.19. The van der Waals surface area contributed by atoms with E-state index < -0.39 is 0 Å². The first-order chi connectivity index (χ1) is 14.6. The Kier molecular flexibility index (Phi) is 6.23. The van der Waals surface area contributed by atoms with Gasteiger partial charge in [-0.05, 0) is 35.2 Å². The first-order valence-electron chi connectivity index (χ1n) is 10.1. The fraction of sp³-hybridized carbons (Fsp3) is 0.304. The van der Waals surface area contributed by atoms with E-state index in [-0.39, 0.29) is 12.3 Å². The molecule has 1 aliphatic heterocycles. The second-order valence-corrected chi connectivity index (χ2v) is 7.63. The first kappa shape index (κ1) is 20.3. The third-order valence-corrected chi connectivity index (χ3v) is 5.25. The number of aryl methyl sites for hydroxylation is 1. The largest absolute Gasteiger partial charge is 0.489 e. The molecule has 1 aliphatic rings. The number of ether oxygens (including phenoxy) is 2. The van der Waals surface area contributed by atoms with Crippen LogP contribution in [0.3, 0.4) is 0 Å². The summed E-state index contributed by atoms with van der Waals surface area (Å²) in [5, 5.41) is 7.74. The minimum absolute atomic E-state index is 0.149. The second kappa shape index (κ2) is 9.22. The highest BCUT2D eigenvalue weighted by Crippen LogP contribution is 2.38. The van der Waals surface area contributed by atoms with Crippen LogP contribution in [-0.2, 0) is 24.2 Å². The van der Waals surface area contributed by atoms with Gasteiger partial charge in [-0.1, -0.05) is 42.8 Å². The van der Waals surface area contributed by atoms with Crippen molar-refractivity contribution in [2.24, 2.45) is 0 Å². The molecule has 0 fully saturated rings. The fourth-order valence-corrected chi connectivity index (χ4v) is 3.66. The zero-order valence-electron chi connectivity index (χ0n) is 16.9. The molecular formula is C23H24ClN3O3. The quantitative estimate of drug-likeness (QED) is 0.632. The molecule has 0 spiro atoms. The Morgan fingerprint density at radius 2 is 1.87 bits per heavy atom. The number of aromatic nitrogens is 2. The van der Waals surface area contributed by atoms with Crippen LogP contribution in [0.15, 0.2) is 48.7 Å². The van der Waals surface area contributed by atoms with E-state index in [1.807, 2.05) is 6.07 Å². The third-order valence-electron chi connectivity index (χ3n) is 4.97. The molecule has 1 aromatic heterocycles. The number of carbonyl (C=O) groups excluding carboxylic acids is 1. The van der Waals surface area contributed by atoms with Crippen molar-refractivity contribution >= 4 is 23.3 Å². The van der Waals surface area contributed by atoms with E-state index in [1.54, 1.807) is 23.0 Å². The predicted octanol–water partition coefficient (Wildman–Crippen LogP) is 4.49. The summed E-state index contributed by atoms with van der Waals surface area (Å²) >= 11 is 6.33. The molecule has 0 radical (unpaired) electrons. The minimum Gasteiger partial charge on any atom is -0.489 e. The smallest absolute Gasteiger partial charge is 0.229 e. The molecule has 4 rings (SSSR count). The maximum absolute atomic E-state index is 12.6. The lowest BCUT2D eigenvalue weighted by Gasteiger charge is -2.12. The average Bonchev–Trinajstić information content (AvgIpc) is 3.01. The van der Waals surface area contributed by atoms with Crippen LogP contribution in [0.25, 0.3) is 0 Å². The highest BCUT2D eigenvalue weighted by atomic mass is 35.5. The Bertz CT molecular complexity index is 1030. The van der Waals surface area contributed by atoms with Gasteiger partial charge in [-0.25, -0.2) is 4.68 Å². The highest BCUT2D eigenvalue weighted by molar-refractivity contribution is 6.32. The molecule has 0 bridgehead atoms. The van der Waals surface area contributed by atoms with Crippen LogP contribution >= 0.6 is 11.6 Å². The Balaban J connectivity index is 1.43. The molecule has 156 valence electrons. The Hall–Kier alpha value is -2.99. The van der Waals surface area contributed by atoms with E-state index in [0.29, 0.717) is 42.1 Å². The molecule has 2 aromatic carbocycles. The number of carbonyl (C=O) groups is 1. The minimum atomic E-state index is -0.149. The summed E-state index contributed by atoms with van der Waals surface area (Å²) in [6.45, 7) is 3.85. The van der Waals surface area contributed by atoms with Gasteiger partial charge in [0.05, 0.1) is 37.4 Å². The summed E-state index contributed by atoms with van der Waals surface area (Å²) in [6.07, 6.45) is 3.66. The van der Waals surface area contributed by atoms with Crippen molar-refractivity contribution in [3.8, 4) is 11.5 Å². The summed E-state index contributed by atoms with van der Waals surface area (Å²) in [4.78, 5) is 12.6. The maximum Gasteiger partial charge on any atom is 0.229 e. The SMILES string of the molecule is CCc1ccc(Cn2nccc2NC(=O)Cc2cc(Cl)c3c(c2)OCCCO3)cc1. The van der Waals surface area contributed by atoms with E-state index in [1.165, 1.54) is 5.56 Å². The van der Waals surface area contributed by atoms with Crippen molar-refractivity contribution in [1.29, 1.82) is 0 Å². The number of fused-ring (bicyclic) bond motifs is 1. The molecule has 1 N–H and O–H groups in total. The predicted molar refractivity (Wildman–Crippen MR) is 117 cm³/mol. The molecule has 30 heavy (non-hydrogen) atoms. The average molecular weight is 426 g/mol. The molecule has 0 saturated carbocycles. The van der Waals surface area contributed by atoms with Crippen LogP contribution in [0.1, 0.15) is 30.0 Å². The van der Waals surface area contributed by atoms with Gasteiger partial charge in [0.1, 0.15) is 5.82 Å². The van der Waals surface area contributed by atoms with Crippen molar-refractivity contribution in [1.82, 2.24) is 9.78 Å². The lowest BCUT2D eigenvalue weighted by atomic mass is 10.1. The molecule has 0 saturated heterocycles. The third kappa shape index (κ3) is 4.76. The topological polar surface area (TPSA) is 65.4 Å². The number of nitrogens with one attached hydrogen (secondary N) is 1. The van der Waals surface area contributed by atoms with Gasteiger partial charge in [0, 0.05) is 12.5 Å². The van der Waals surface area contributed by atoms with E-state index >= 15 is 0 Å². The first-order valence-corrected chi connectivity index (χ1v) is 10.5. The van der Waals surface area contributed by atoms with Crippen LogP contribution in [0.4, 0.5) is 5.82 Å². The van der Waals surface area contributed by atoms with Gasteiger partial charge in [-0.2, -0.15) is 5.10 Å². The molecule has 0 unspecified atom stereocenters. The van der Waals surface area contributed by atoms with Gasteiger partial charge in [0.25, 0.3) is 0 Å².